The van der Waals surface area contributed by atoms with Crippen LogP contribution >= 0.6 is 0 Å². The Morgan fingerprint density at radius 2 is 2.13 bits per heavy atom. The normalized spacial score (nSPS) is 21.0. The van der Waals surface area contributed by atoms with Crippen LogP contribution in [0.15, 0.2) is 29.0 Å². The third-order valence-electron chi connectivity index (χ3n) is 3.99. The lowest BCUT2D eigenvalue weighted by Gasteiger charge is -2.18. The number of anilines is 1. The van der Waals surface area contributed by atoms with Crippen LogP contribution in [-0.2, 0) is 4.74 Å². The molecule has 0 saturated carbocycles. The van der Waals surface area contributed by atoms with Gasteiger partial charge in [0.1, 0.15) is 12.1 Å². The Morgan fingerprint density at radius 1 is 1.22 bits per heavy atom. The summed E-state index contributed by atoms with van der Waals surface area (Å²) >= 11 is 0. The molecule has 3 heterocycles. The number of fused-ring (bicyclic) bond motifs is 1. The zero-order valence-electron chi connectivity index (χ0n) is 13.0. The van der Waals surface area contributed by atoms with Gasteiger partial charge in [0.25, 0.3) is 5.89 Å². The Hall–Kier alpha value is -2.54. The molecule has 0 radical (unpaired) electrons. The van der Waals surface area contributed by atoms with Crippen LogP contribution in [0.25, 0.3) is 10.9 Å². The number of benzene rings is 1. The molecule has 2 atom stereocenters. The number of hydrogen-bond acceptors (Lipinski definition) is 7. The van der Waals surface area contributed by atoms with Crippen LogP contribution in [0.4, 0.5) is 5.82 Å². The molecule has 2 aromatic heterocycles. The van der Waals surface area contributed by atoms with Crippen molar-refractivity contribution in [2.24, 2.45) is 0 Å². The summed E-state index contributed by atoms with van der Waals surface area (Å²) in [5.41, 5.74) is 2.08. The van der Waals surface area contributed by atoms with Gasteiger partial charge >= 0.3 is 0 Å². The molecule has 0 spiro atoms. The standard InChI is InChI=1S/C16H17N5O2/c1-9-3-4-12-11(7-9)15(18-8-17-12)20-13-5-6-22-14(13)16-19-10(2)21-23-16/h3-4,7-8,13-14H,5-6H2,1-2H3,(H,17,18,20)/t13-,14+/m0/s1. The first kappa shape index (κ1) is 14.1. The Labute approximate surface area is 133 Å². The van der Waals surface area contributed by atoms with E-state index in [-0.39, 0.29) is 12.1 Å². The maximum absolute atomic E-state index is 5.77. The van der Waals surface area contributed by atoms with Gasteiger partial charge in [-0.15, -0.1) is 0 Å². The van der Waals surface area contributed by atoms with Crippen molar-refractivity contribution in [3.05, 3.63) is 41.8 Å². The molecule has 7 nitrogen and oxygen atoms in total. The maximum Gasteiger partial charge on any atom is 0.257 e. The van der Waals surface area contributed by atoms with Gasteiger partial charge in [0.2, 0.25) is 0 Å². The van der Waals surface area contributed by atoms with Gasteiger partial charge in [0, 0.05) is 12.0 Å². The van der Waals surface area contributed by atoms with Crippen LogP contribution in [0.3, 0.4) is 0 Å². The lowest BCUT2D eigenvalue weighted by atomic mass is 10.1. The molecule has 1 fully saturated rings. The fraction of sp³-hybridized carbons (Fsp3) is 0.375. The Balaban J connectivity index is 1.66. The summed E-state index contributed by atoms with van der Waals surface area (Å²) in [7, 11) is 0. The molecular weight excluding hydrogens is 294 g/mol. The first-order chi connectivity index (χ1) is 11.2. The Morgan fingerprint density at radius 3 is 2.96 bits per heavy atom. The summed E-state index contributed by atoms with van der Waals surface area (Å²) in [4.78, 5) is 13.0. The van der Waals surface area contributed by atoms with Gasteiger partial charge in [-0.3, -0.25) is 0 Å². The van der Waals surface area contributed by atoms with Crippen molar-refractivity contribution in [1.29, 1.82) is 0 Å². The summed E-state index contributed by atoms with van der Waals surface area (Å²) in [5, 5.41) is 8.31. The molecule has 4 rings (SSSR count). The number of aromatic nitrogens is 4. The van der Waals surface area contributed by atoms with E-state index >= 15 is 0 Å². The summed E-state index contributed by atoms with van der Waals surface area (Å²) < 4.78 is 11.0. The monoisotopic (exact) mass is 311 g/mol. The Bertz CT molecular complexity index is 847. The van der Waals surface area contributed by atoms with Gasteiger partial charge in [-0.2, -0.15) is 4.98 Å². The highest BCUT2D eigenvalue weighted by atomic mass is 16.5. The molecule has 1 N–H and O–H groups in total. The molecule has 7 heteroatoms. The summed E-state index contributed by atoms with van der Waals surface area (Å²) in [6.45, 7) is 4.50. The van der Waals surface area contributed by atoms with Crippen LogP contribution in [0, 0.1) is 13.8 Å². The van der Waals surface area contributed by atoms with E-state index < -0.39 is 0 Å². The molecule has 0 aliphatic carbocycles. The maximum atomic E-state index is 5.77. The van der Waals surface area contributed by atoms with Gasteiger partial charge in [-0.25, -0.2) is 9.97 Å². The quantitative estimate of drug-likeness (QED) is 0.795. The largest absolute Gasteiger partial charge is 0.366 e. The number of nitrogens with zero attached hydrogens (tertiary/aromatic N) is 4. The highest BCUT2D eigenvalue weighted by Gasteiger charge is 2.34. The second kappa shape index (κ2) is 5.58. The van der Waals surface area contributed by atoms with Crippen LogP contribution < -0.4 is 5.32 Å². The molecule has 118 valence electrons. The average Bonchev–Trinajstić information content (AvgIpc) is 3.16. The van der Waals surface area contributed by atoms with E-state index in [0.717, 1.165) is 23.1 Å². The number of nitrogens with one attached hydrogen (secondary N) is 1. The van der Waals surface area contributed by atoms with Crippen LogP contribution in [-0.4, -0.2) is 32.8 Å². The smallest absolute Gasteiger partial charge is 0.257 e. The molecule has 1 aliphatic rings. The summed E-state index contributed by atoms with van der Waals surface area (Å²) in [6, 6.07) is 6.16. The van der Waals surface area contributed by atoms with E-state index in [2.05, 4.69) is 38.4 Å². The molecule has 23 heavy (non-hydrogen) atoms. The van der Waals surface area contributed by atoms with Crippen molar-refractivity contribution < 1.29 is 9.26 Å². The van der Waals surface area contributed by atoms with Crippen molar-refractivity contribution in [2.45, 2.75) is 32.4 Å². The minimum atomic E-state index is -0.258. The number of ether oxygens (including phenoxy) is 1. The van der Waals surface area contributed by atoms with Gasteiger partial charge < -0.3 is 14.6 Å². The minimum Gasteiger partial charge on any atom is -0.366 e. The van der Waals surface area contributed by atoms with Crippen LogP contribution in [0.2, 0.25) is 0 Å². The van der Waals surface area contributed by atoms with Gasteiger partial charge in [0.05, 0.1) is 11.6 Å². The fourth-order valence-corrected chi connectivity index (χ4v) is 2.87. The molecule has 0 unspecified atom stereocenters. The van der Waals surface area contributed by atoms with Crippen molar-refractivity contribution in [3.63, 3.8) is 0 Å². The highest BCUT2D eigenvalue weighted by Crippen LogP contribution is 2.31. The predicted molar refractivity (Wildman–Crippen MR) is 84.0 cm³/mol. The van der Waals surface area contributed by atoms with Gasteiger partial charge in [-0.1, -0.05) is 16.8 Å². The van der Waals surface area contributed by atoms with E-state index in [9.17, 15) is 0 Å². The fourth-order valence-electron chi connectivity index (χ4n) is 2.87. The minimum absolute atomic E-state index is 0.0356. The van der Waals surface area contributed by atoms with Crippen molar-refractivity contribution in [2.75, 3.05) is 11.9 Å². The predicted octanol–water partition coefficient (Wildman–Crippen LogP) is 2.57. The molecule has 1 aromatic carbocycles. The van der Waals surface area contributed by atoms with Crippen LogP contribution in [0.5, 0.6) is 0 Å². The van der Waals surface area contributed by atoms with E-state index in [1.807, 2.05) is 12.1 Å². The van der Waals surface area contributed by atoms with Gasteiger partial charge in [-0.05, 0) is 32.4 Å². The third kappa shape index (κ3) is 2.63. The number of aryl methyl sites for hydroxylation is 2. The second-order valence-corrected chi connectivity index (χ2v) is 5.75. The van der Waals surface area contributed by atoms with E-state index in [0.29, 0.717) is 18.3 Å². The summed E-state index contributed by atoms with van der Waals surface area (Å²) in [6.07, 6.45) is 2.16. The summed E-state index contributed by atoms with van der Waals surface area (Å²) in [5.74, 6) is 1.92. The van der Waals surface area contributed by atoms with Crippen molar-refractivity contribution in [3.8, 4) is 0 Å². The van der Waals surface area contributed by atoms with E-state index in [1.165, 1.54) is 5.56 Å². The Kier molecular flexibility index (Phi) is 3.42. The number of rotatable bonds is 3. The zero-order valence-corrected chi connectivity index (χ0v) is 13.0. The lowest BCUT2D eigenvalue weighted by molar-refractivity contribution is 0.0792. The first-order valence-electron chi connectivity index (χ1n) is 7.60. The molecule has 0 amide bonds. The number of hydrogen-bond donors (Lipinski definition) is 1. The first-order valence-corrected chi connectivity index (χ1v) is 7.60. The third-order valence-corrected chi connectivity index (χ3v) is 3.99. The van der Waals surface area contributed by atoms with E-state index in [1.54, 1.807) is 13.3 Å². The molecule has 1 saturated heterocycles. The highest BCUT2D eigenvalue weighted by molar-refractivity contribution is 5.89. The average molecular weight is 311 g/mol. The molecular formula is C16H17N5O2. The van der Waals surface area contributed by atoms with E-state index in [4.69, 9.17) is 9.26 Å². The molecule has 3 aromatic rings. The van der Waals surface area contributed by atoms with Gasteiger partial charge in [0.15, 0.2) is 11.9 Å². The van der Waals surface area contributed by atoms with Crippen molar-refractivity contribution in [1.82, 2.24) is 20.1 Å². The zero-order chi connectivity index (χ0) is 15.8. The van der Waals surface area contributed by atoms with Crippen LogP contribution in [0.1, 0.15) is 29.8 Å². The topological polar surface area (TPSA) is 86.0 Å². The lowest BCUT2D eigenvalue weighted by Crippen LogP contribution is -2.24. The SMILES string of the molecule is Cc1ccc2ncnc(N[C@H]3CCO[C@H]3c3nc(C)no3)c2c1. The molecule has 0 bridgehead atoms. The van der Waals surface area contributed by atoms with Crippen molar-refractivity contribution >= 4 is 16.7 Å². The molecule has 1 aliphatic heterocycles. The second-order valence-electron chi connectivity index (χ2n) is 5.75.